The topological polar surface area (TPSA) is 93.5 Å². The molecule has 0 aliphatic carbocycles. The van der Waals surface area contributed by atoms with E-state index >= 15 is 0 Å². The molecule has 2 unspecified atom stereocenters. The number of ether oxygens (including phenoxy) is 1. The fraction of sp³-hybridized carbons (Fsp3) is 0.529. The summed E-state index contributed by atoms with van der Waals surface area (Å²) in [4.78, 5) is 23.9. The molecule has 134 valence electrons. The van der Waals surface area contributed by atoms with E-state index in [-0.39, 0.29) is 30.3 Å². The summed E-state index contributed by atoms with van der Waals surface area (Å²) in [5, 5.41) is 5.67. The fourth-order valence-corrected chi connectivity index (χ4v) is 2.53. The number of hydrogen-bond acceptors (Lipinski definition) is 4. The van der Waals surface area contributed by atoms with Crippen molar-refractivity contribution < 1.29 is 14.3 Å². The molecule has 0 saturated carbocycles. The molecule has 7 heteroatoms. The van der Waals surface area contributed by atoms with Gasteiger partial charge >= 0.3 is 0 Å². The molecule has 4 N–H and O–H groups in total. The molecule has 1 aromatic rings. The van der Waals surface area contributed by atoms with Crippen molar-refractivity contribution in [2.75, 3.05) is 11.9 Å². The van der Waals surface area contributed by atoms with Crippen LogP contribution in [0.1, 0.15) is 38.2 Å². The number of hydrogen-bond donors (Lipinski definition) is 3. The number of carbonyl (C=O) groups is 2. The molecule has 24 heavy (non-hydrogen) atoms. The molecule has 2 atom stereocenters. The minimum Gasteiger partial charge on any atom is -0.368 e. The number of benzene rings is 1. The van der Waals surface area contributed by atoms with E-state index in [9.17, 15) is 9.59 Å². The monoisotopic (exact) mass is 355 g/mol. The number of rotatable bonds is 7. The Morgan fingerprint density at radius 1 is 1.42 bits per heavy atom. The highest BCUT2D eigenvalue weighted by atomic mass is 35.5. The number of anilines is 1. The van der Waals surface area contributed by atoms with Gasteiger partial charge in [-0.05, 0) is 37.0 Å². The third-order valence-electron chi connectivity index (χ3n) is 3.82. The SMILES string of the molecule is CCCC(N)C(=O)NCc1cccc(NC(=O)C2CCCO2)c1.Cl. The zero-order chi connectivity index (χ0) is 16.7. The van der Waals surface area contributed by atoms with Crippen molar-refractivity contribution in [2.45, 2.75) is 51.3 Å². The molecule has 0 aromatic heterocycles. The average molecular weight is 356 g/mol. The average Bonchev–Trinajstić information content (AvgIpc) is 3.08. The first-order valence-corrected chi connectivity index (χ1v) is 8.15. The smallest absolute Gasteiger partial charge is 0.253 e. The van der Waals surface area contributed by atoms with Gasteiger partial charge in [0.2, 0.25) is 5.91 Å². The molecule has 1 heterocycles. The Balaban J connectivity index is 0.00000288. The summed E-state index contributed by atoms with van der Waals surface area (Å²) in [5.41, 5.74) is 7.39. The van der Waals surface area contributed by atoms with Gasteiger partial charge in [-0.25, -0.2) is 0 Å². The molecular weight excluding hydrogens is 330 g/mol. The Bertz CT molecular complexity index is 548. The van der Waals surface area contributed by atoms with Crippen molar-refractivity contribution in [2.24, 2.45) is 5.73 Å². The van der Waals surface area contributed by atoms with Crippen LogP contribution >= 0.6 is 12.4 Å². The van der Waals surface area contributed by atoms with Gasteiger partial charge in [0.1, 0.15) is 6.10 Å². The number of nitrogens with one attached hydrogen (secondary N) is 2. The van der Waals surface area contributed by atoms with E-state index in [1.54, 1.807) is 0 Å². The van der Waals surface area contributed by atoms with Crippen LogP contribution in [0.25, 0.3) is 0 Å². The maximum Gasteiger partial charge on any atom is 0.253 e. The maximum absolute atomic E-state index is 12.0. The lowest BCUT2D eigenvalue weighted by Gasteiger charge is -2.13. The summed E-state index contributed by atoms with van der Waals surface area (Å²) < 4.78 is 5.36. The summed E-state index contributed by atoms with van der Waals surface area (Å²) >= 11 is 0. The van der Waals surface area contributed by atoms with Crippen LogP contribution in [-0.2, 0) is 20.9 Å². The van der Waals surface area contributed by atoms with Gasteiger partial charge in [-0.3, -0.25) is 9.59 Å². The van der Waals surface area contributed by atoms with Crippen molar-refractivity contribution in [1.82, 2.24) is 5.32 Å². The summed E-state index contributed by atoms with van der Waals surface area (Å²) in [7, 11) is 0. The Morgan fingerprint density at radius 2 is 2.21 bits per heavy atom. The van der Waals surface area contributed by atoms with Gasteiger partial charge in [-0.15, -0.1) is 12.4 Å². The largest absolute Gasteiger partial charge is 0.368 e. The van der Waals surface area contributed by atoms with Crippen LogP contribution in [0.4, 0.5) is 5.69 Å². The lowest BCUT2D eigenvalue weighted by Crippen LogP contribution is -2.40. The number of halogens is 1. The van der Waals surface area contributed by atoms with E-state index in [2.05, 4.69) is 10.6 Å². The van der Waals surface area contributed by atoms with Gasteiger partial charge in [0, 0.05) is 18.8 Å². The molecule has 1 fully saturated rings. The summed E-state index contributed by atoms with van der Waals surface area (Å²) in [5.74, 6) is -0.269. The van der Waals surface area contributed by atoms with Crippen LogP contribution in [0.5, 0.6) is 0 Å². The van der Waals surface area contributed by atoms with Gasteiger partial charge in [-0.1, -0.05) is 25.5 Å². The first-order chi connectivity index (χ1) is 11.1. The van der Waals surface area contributed by atoms with Gasteiger partial charge in [0.25, 0.3) is 5.91 Å². The Hall–Kier alpha value is -1.63. The maximum atomic E-state index is 12.0. The third kappa shape index (κ3) is 6.11. The molecule has 2 rings (SSSR count). The van der Waals surface area contributed by atoms with Gasteiger partial charge in [0.05, 0.1) is 6.04 Å². The van der Waals surface area contributed by atoms with Gasteiger partial charge in [-0.2, -0.15) is 0 Å². The number of amides is 2. The molecule has 1 saturated heterocycles. The van der Waals surface area contributed by atoms with Crippen LogP contribution in [0.2, 0.25) is 0 Å². The normalized spacial score (nSPS) is 17.7. The summed E-state index contributed by atoms with van der Waals surface area (Å²) in [6, 6.07) is 6.94. The number of carbonyl (C=O) groups excluding carboxylic acids is 2. The molecule has 0 bridgehead atoms. The second-order valence-electron chi connectivity index (χ2n) is 5.80. The van der Waals surface area contributed by atoms with Crippen LogP contribution in [-0.4, -0.2) is 30.6 Å². The van der Waals surface area contributed by atoms with Crippen molar-refractivity contribution in [1.29, 1.82) is 0 Å². The van der Waals surface area contributed by atoms with E-state index in [1.807, 2.05) is 31.2 Å². The van der Waals surface area contributed by atoms with E-state index in [0.717, 1.165) is 24.8 Å². The predicted molar refractivity (Wildman–Crippen MR) is 96.0 cm³/mol. The van der Waals surface area contributed by atoms with Crippen LogP contribution < -0.4 is 16.4 Å². The molecule has 0 radical (unpaired) electrons. The lowest BCUT2D eigenvalue weighted by molar-refractivity contribution is -0.124. The molecule has 0 spiro atoms. The van der Waals surface area contributed by atoms with E-state index < -0.39 is 6.04 Å². The minimum absolute atomic E-state index is 0. The first kappa shape index (κ1) is 20.4. The fourth-order valence-electron chi connectivity index (χ4n) is 2.53. The van der Waals surface area contributed by atoms with Crippen LogP contribution in [0.3, 0.4) is 0 Å². The molecule has 1 aliphatic rings. The zero-order valence-electron chi connectivity index (χ0n) is 13.9. The second-order valence-corrected chi connectivity index (χ2v) is 5.80. The van der Waals surface area contributed by atoms with Crippen LogP contribution in [0.15, 0.2) is 24.3 Å². The number of nitrogens with two attached hydrogens (primary N) is 1. The standard InChI is InChI=1S/C17H25N3O3.ClH/c1-2-5-14(18)16(21)19-11-12-6-3-7-13(10-12)20-17(22)15-8-4-9-23-15;/h3,6-7,10,14-15H,2,4-5,8-9,11,18H2,1H3,(H,19,21)(H,20,22);1H. The Kier molecular flexibility index (Phi) is 8.74. The molecule has 2 amide bonds. The van der Waals surface area contributed by atoms with Crippen molar-refractivity contribution >= 4 is 29.9 Å². The minimum atomic E-state index is -0.470. The third-order valence-corrected chi connectivity index (χ3v) is 3.82. The molecular formula is C17H26ClN3O3. The summed E-state index contributed by atoms with van der Waals surface area (Å²) in [6.07, 6.45) is 2.87. The molecule has 1 aliphatic heterocycles. The van der Waals surface area contributed by atoms with Gasteiger partial charge in [0.15, 0.2) is 0 Å². The second kappa shape index (κ2) is 10.3. The van der Waals surface area contributed by atoms with E-state index in [1.165, 1.54) is 0 Å². The Labute approximate surface area is 148 Å². The van der Waals surface area contributed by atoms with Crippen molar-refractivity contribution in [3.8, 4) is 0 Å². The Morgan fingerprint density at radius 3 is 2.88 bits per heavy atom. The van der Waals surface area contributed by atoms with Crippen molar-refractivity contribution in [3.05, 3.63) is 29.8 Å². The highest BCUT2D eigenvalue weighted by Crippen LogP contribution is 2.16. The first-order valence-electron chi connectivity index (χ1n) is 8.15. The van der Waals surface area contributed by atoms with E-state index in [0.29, 0.717) is 25.3 Å². The van der Waals surface area contributed by atoms with Crippen molar-refractivity contribution in [3.63, 3.8) is 0 Å². The highest BCUT2D eigenvalue weighted by molar-refractivity contribution is 5.94. The summed E-state index contributed by atoms with van der Waals surface area (Å²) in [6.45, 7) is 3.02. The molecule has 1 aromatic carbocycles. The zero-order valence-corrected chi connectivity index (χ0v) is 14.7. The van der Waals surface area contributed by atoms with Crippen LogP contribution in [0, 0.1) is 0 Å². The quantitative estimate of drug-likeness (QED) is 0.697. The highest BCUT2D eigenvalue weighted by Gasteiger charge is 2.23. The predicted octanol–water partition coefficient (Wildman–Crippen LogP) is 1.97. The lowest BCUT2D eigenvalue weighted by atomic mass is 10.1. The van der Waals surface area contributed by atoms with E-state index in [4.69, 9.17) is 10.5 Å². The van der Waals surface area contributed by atoms with Gasteiger partial charge < -0.3 is 21.1 Å². The molecule has 6 nitrogen and oxygen atoms in total.